The highest BCUT2D eigenvalue weighted by atomic mass is 32.2. The van der Waals surface area contributed by atoms with Gasteiger partial charge in [-0.25, -0.2) is 0 Å². The monoisotopic (exact) mass is 313 g/mol. The molecule has 0 atom stereocenters. The third kappa shape index (κ3) is 2.67. The number of carbonyl (C=O) groups excluding carboxylic acids is 1. The molecule has 1 aliphatic rings. The van der Waals surface area contributed by atoms with Gasteiger partial charge in [-0.2, -0.15) is 0 Å². The van der Waals surface area contributed by atoms with Gasteiger partial charge in [-0.1, -0.05) is 36.0 Å². The van der Waals surface area contributed by atoms with Crippen molar-refractivity contribution in [2.75, 3.05) is 19.5 Å². The molecule has 0 radical (unpaired) electrons. The first kappa shape index (κ1) is 14.5. The van der Waals surface area contributed by atoms with Crippen molar-refractivity contribution >= 4 is 28.3 Å². The molecule has 0 bridgehead atoms. The number of carbonyl (C=O) groups is 1. The Balaban J connectivity index is 2.09. The Kier molecular flexibility index (Phi) is 4.06. The zero-order chi connectivity index (χ0) is 15.5. The van der Waals surface area contributed by atoms with Gasteiger partial charge in [0.25, 0.3) is 5.91 Å². The van der Waals surface area contributed by atoms with Crippen molar-refractivity contribution < 1.29 is 14.3 Å². The number of hydrogen-bond donors (Lipinski definition) is 1. The highest BCUT2D eigenvalue weighted by molar-refractivity contribution is 8.08. The predicted molar refractivity (Wildman–Crippen MR) is 87.9 cm³/mol. The minimum absolute atomic E-state index is 0.245. The van der Waals surface area contributed by atoms with Crippen LogP contribution < -0.4 is 10.1 Å². The molecule has 0 saturated carbocycles. The van der Waals surface area contributed by atoms with E-state index in [1.807, 2.05) is 48.5 Å². The number of fused-ring (bicyclic) bond motifs is 1. The van der Waals surface area contributed by atoms with Crippen LogP contribution in [0, 0.1) is 0 Å². The first-order valence-corrected chi connectivity index (χ1v) is 7.55. The fourth-order valence-electron chi connectivity index (χ4n) is 2.22. The summed E-state index contributed by atoms with van der Waals surface area (Å²) in [7, 11) is 3.13. The molecule has 1 amide bonds. The molecular formula is C17H15NO3S. The molecule has 22 heavy (non-hydrogen) atoms. The SMILES string of the molecule is COC1=C(c2ccc(OC)cc2)Sc2ccccc2NC1=O. The lowest BCUT2D eigenvalue weighted by Gasteiger charge is -2.10. The fourth-order valence-corrected chi connectivity index (χ4v) is 3.33. The van der Waals surface area contributed by atoms with Crippen LogP contribution in [0.5, 0.6) is 5.75 Å². The van der Waals surface area contributed by atoms with Crippen LogP contribution in [-0.4, -0.2) is 20.1 Å². The number of benzene rings is 2. The zero-order valence-electron chi connectivity index (χ0n) is 12.3. The lowest BCUT2D eigenvalue weighted by Crippen LogP contribution is -2.15. The van der Waals surface area contributed by atoms with Crippen molar-refractivity contribution in [3.8, 4) is 5.75 Å². The Morgan fingerprint density at radius 2 is 1.68 bits per heavy atom. The van der Waals surface area contributed by atoms with E-state index in [0.29, 0.717) is 5.76 Å². The topological polar surface area (TPSA) is 47.6 Å². The van der Waals surface area contributed by atoms with Crippen LogP contribution in [0.3, 0.4) is 0 Å². The number of amides is 1. The zero-order valence-corrected chi connectivity index (χ0v) is 13.1. The van der Waals surface area contributed by atoms with Crippen molar-refractivity contribution in [2.24, 2.45) is 0 Å². The maximum Gasteiger partial charge on any atom is 0.291 e. The van der Waals surface area contributed by atoms with E-state index in [4.69, 9.17) is 9.47 Å². The number of thioether (sulfide) groups is 1. The standard InChI is InChI=1S/C17H15NO3S/c1-20-12-9-7-11(8-10-12)16-15(21-2)17(19)18-13-5-3-4-6-14(13)22-16/h3-10H,1-2H3,(H,18,19). The van der Waals surface area contributed by atoms with Gasteiger partial charge in [0.2, 0.25) is 0 Å². The maximum absolute atomic E-state index is 12.4. The number of ether oxygens (including phenoxy) is 2. The molecule has 0 unspecified atom stereocenters. The molecule has 5 heteroatoms. The highest BCUT2D eigenvalue weighted by Crippen LogP contribution is 2.43. The smallest absolute Gasteiger partial charge is 0.291 e. The molecule has 1 N–H and O–H groups in total. The first-order chi connectivity index (χ1) is 10.7. The van der Waals surface area contributed by atoms with E-state index in [9.17, 15) is 4.79 Å². The molecule has 2 aromatic rings. The van der Waals surface area contributed by atoms with Gasteiger partial charge in [0.1, 0.15) is 5.75 Å². The number of nitrogens with one attached hydrogen (secondary N) is 1. The summed E-state index contributed by atoms with van der Waals surface area (Å²) in [6.45, 7) is 0. The molecule has 112 valence electrons. The van der Waals surface area contributed by atoms with E-state index < -0.39 is 0 Å². The average molecular weight is 313 g/mol. The van der Waals surface area contributed by atoms with Crippen molar-refractivity contribution in [2.45, 2.75) is 4.90 Å². The third-order valence-corrected chi connectivity index (χ3v) is 4.52. The molecule has 0 aromatic heterocycles. The lowest BCUT2D eigenvalue weighted by atomic mass is 10.2. The quantitative estimate of drug-likeness (QED) is 0.937. The van der Waals surface area contributed by atoms with Gasteiger partial charge >= 0.3 is 0 Å². The lowest BCUT2D eigenvalue weighted by molar-refractivity contribution is -0.115. The Morgan fingerprint density at radius 3 is 2.36 bits per heavy atom. The molecule has 1 heterocycles. The Morgan fingerprint density at radius 1 is 0.955 bits per heavy atom. The summed E-state index contributed by atoms with van der Waals surface area (Å²) in [6.07, 6.45) is 0. The minimum atomic E-state index is -0.245. The van der Waals surface area contributed by atoms with Crippen LogP contribution in [0.1, 0.15) is 5.56 Å². The fraction of sp³-hybridized carbons (Fsp3) is 0.118. The molecule has 2 aromatic carbocycles. The van der Waals surface area contributed by atoms with E-state index in [-0.39, 0.29) is 5.91 Å². The van der Waals surface area contributed by atoms with Crippen molar-refractivity contribution in [1.82, 2.24) is 0 Å². The van der Waals surface area contributed by atoms with Crippen molar-refractivity contribution in [1.29, 1.82) is 0 Å². The van der Waals surface area contributed by atoms with Gasteiger partial charge in [0, 0.05) is 4.90 Å². The van der Waals surface area contributed by atoms with Gasteiger partial charge in [-0.3, -0.25) is 4.79 Å². The summed E-state index contributed by atoms with van der Waals surface area (Å²) in [5.74, 6) is 0.837. The molecule has 0 spiro atoms. The van der Waals surface area contributed by atoms with E-state index in [0.717, 1.165) is 26.8 Å². The van der Waals surface area contributed by atoms with Crippen LogP contribution in [0.4, 0.5) is 5.69 Å². The van der Waals surface area contributed by atoms with Gasteiger partial charge in [0.15, 0.2) is 5.76 Å². The molecule has 0 fully saturated rings. The highest BCUT2D eigenvalue weighted by Gasteiger charge is 2.24. The number of rotatable bonds is 3. The molecule has 3 rings (SSSR count). The predicted octanol–water partition coefficient (Wildman–Crippen LogP) is 3.75. The van der Waals surface area contributed by atoms with Crippen LogP contribution in [0.15, 0.2) is 59.2 Å². The molecule has 0 aliphatic carbocycles. The van der Waals surface area contributed by atoms with E-state index in [1.165, 1.54) is 18.9 Å². The Hall–Kier alpha value is -2.40. The number of anilines is 1. The first-order valence-electron chi connectivity index (χ1n) is 6.74. The van der Waals surface area contributed by atoms with Gasteiger partial charge in [-0.15, -0.1) is 0 Å². The van der Waals surface area contributed by atoms with E-state index >= 15 is 0 Å². The molecule has 1 aliphatic heterocycles. The Bertz CT molecular complexity index is 738. The molecular weight excluding hydrogens is 298 g/mol. The second-order valence-corrected chi connectivity index (χ2v) is 5.70. The number of methoxy groups -OCH3 is 2. The normalized spacial score (nSPS) is 14.0. The summed E-state index contributed by atoms with van der Waals surface area (Å²) >= 11 is 1.51. The third-order valence-electron chi connectivity index (χ3n) is 3.32. The molecule has 4 nitrogen and oxygen atoms in total. The van der Waals surface area contributed by atoms with Crippen LogP contribution >= 0.6 is 11.8 Å². The van der Waals surface area contributed by atoms with Gasteiger partial charge in [0.05, 0.1) is 24.8 Å². The second kappa shape index (κ2) is 6.15. The van der Waals surface area contributed by atoms with E-state index in [1.54, 1.807) is 7.11 Å². The van der Waals surface area contributed by atoms with Crippen LogP contribution in [0.2, 0.25) is 0 Å². The Labute approximate surface area is 133 Å². The summed E-state index contributed by atoms with van der Waals surface area (Å²) < 4.78 is 10.5. The van der Waals surface area contributed by atoms with E-state index in [2.05, 4.69) is 5.32 Å². The van der Waals surface area contributed by atoms with Gasteiger partial charge in [-0.05, 0) is 29.8 Å². The summed E-state index contributed by atoms with van der Waals surface area (Å²) in [5, 5.41) is 2.88. The second-order valence-electron chi connectivity index (χ2n) is 4.64. The minimum Gasteiger partial charge on any atom is -0.497 e. The summed E-state index contributed by atoms with van der Waals surface area (Å²) in [4.78, 5) is 14.1. The van der Waals surface area contributed by atoms with Crippen LogP contribution in [0.25, 0.3) is 4.91 Å². The summed E-state index contributed by atoms with van der Waals surface area (Å²) in [5.41, 5.74) is 1.70. The number of para-hydroxylation sites is 1. The number of hydrogen-bond acceptors (Lipinski definition) is 4. The van der Waals surface area contributed by atoms with Crippen LogP contribution in [-0.2, 0) is 9.53 Å². The van der Waals surface area contributed by atoms with Crippen molar-refractivity contribution in [3.05, 3.63) is 59.9 Å². The largest absolute Gasteiger partial charge is 0.497 e. The molecule has 0 saturated heterocycles. The summed E-state index contributed by atoms with van der Waals surface area (Å²) in [6, 6.07) is 15.3. The van der Waals surface area contributed by atoms with Crippen molar-refractivity contribution in [3.63, 3.8) is 0 Å². The van der Waals surface area contributed by atoms with Gasteiger partial charge < -0.3 is 14.8 Å². The maximum atomic E-state index is 12.4. The average Bonchev–Trinajstić information content (AvgIpc) is 2.70.